The molecular formula is C17H19N3O3. The van der Waals surface area contributed by atoms with Gasteiger partial charge in [0.05, 0.1) is 4.92 Å². The summed E-state index contributed by atoms with van der Waals surface area (Å²) in [4.78, 5) is 22.4. The van der Waals surface area contributed by atoms with E-state index in [1.165, 1.54) is 22.5 Å². The molecule has 0 aliphatic carbocycles. The monoisotopic (exact) mass is 313 g/mol. The molecule has 23 heavy (non-hydrogen) atoms. The standard InChI is InChI=1S/C17H19N3O3/c1-17(2,3)13-8-5-12(6-9-13)7-10-15(21)16-14(20(22)23)11-19(4)18-16/h5-11H,1-4H3/b10-7+. The van der Waals surface area contributed by atoms with Gasteiger partial charge in [0.1, 0.15) is 6.20 Å². The van der Waals surface area contributed by atoms with Crippen molar-refractivity contribution in [2.75, 3.05) is 0 Å². The van der Waals surface area contributed by atoms with E-state index in [0.717, 1.165) is 5.56 Å². The van der Waals surface area contributed by atoms with Gasteiger partial charge in [-0.15, -0.1) is 0 Å². The van der Waals surface area contributed by atoms with E-state index in [4.69, 9.17) is 0 Å². The smallest absolute Gasteiger partial charge is 0.287 e. The van der Waals surface area contributed by atoms with Gasteiger partial charge >= 0.3 is 5.69 Å². The molecule has 6 heteroatoms. The Balaban J connectivity index is 2.20. The largest absolute Gasteiger partial charge is 0.318 e. The van der Waals surface area contributed by atoms with Crippen LogP contribution in [0.4, 0.5) is 5.69 Å². The van der Waals surface area contributed by atoms with Gasteiger partial charge in [-0.25, -0.2) is 0 Å². The molecular weight excluding hydrogens is 294 g/mol. The van der Waals surface area contributed by atoms with E-state index < -0.39 is 10.7 Å². The third kappa shape index (κ3) is 3.91. The lowest BCUT2D eigenvalue weighted by Crippen LogP contribution is -2.10. The molecule has 0 aliphatic rings. The first-order valence-electron chi connectivity index (χ1n) is 7.19. The Bertz CT molecular complexity index is 765. The van der Waals surface area contributed by atoms with Crippen molar-refractivity contribution in [3.8, 4) is 0 Å². The maximum atomic E-state index is 12.1. The van der Waals surface area contributed by atoms with Crippen LogP contribution in [0.3, 0.4) is 0 Å². The summed E-state index contributed by atoms with van der Waals surface area (Å²) in [6.07, 6.45) is 4.16. The summed E-state index contributed by atoms with van der Waals surface area (Å²) < 4.78 is 1.26. The fraction of sp³-hybridized carbons (Fsp3) is 0.294. The maximum absolute atomic E-state index is 12.1. The van der Waals surface area contributed by atoms with Crippen molar-refractivity contribution in [3.05, 3.63) is 63.5 Å². The van der Waals surface area contributed by atoms with E-state index in [1.807, 2.05) is 24.3 Å². The minimum absolute atomic E-state index is 0.0621. The van der Waals surface area contributed by atoms with Gasteiger partial charge in [0.2, 0.25) is 11.5 Å². The van der Waals surface area contributed by atoms with E-state index in [2.05, 4.69) is 25.9 Å². The number of hydrogen-bond acceptors (Lipinski definition) is 4. The highest BCUT2D eigenvalue weighted by Gasteiger charge is 2.23. The molecule has 1 aromatic heterocycles. The molecule has 6 nitrogen and oxygen atoms in total. The average Bonchev–Trinajstić information content (AvgIpc) is 2.86. The summed E-state index contributed by atoms with van der Waals surface area (Å²) in [5.74, 6) is -0.489. The second kappa shape index (κ2) is 6.16. The van der Waals surface area contributed by atoms with E-state index in [1.54, 1.807) is 13.1 Å². The van der Waals surface area contributed by atoms with E-state index >= 15 is 0 Å². The van der Waals surface area contributed by atoms with Crippen LogP contribution < -0.4 is 0 Å². The number of aryl methyl sites for hydroxylation is 1. The zero-order valence-corrected chi connectivity index (χ0v) is 13.6. The van der Waals surface area contributed by atoms with Gasteiger partial charge < -0.3 is 0 Å². The van der Waals surface area contributed by atoms with Crippen molar-refractivity contribution in [2.24, 2.45) is 7.05 Å². The lowest BCUT2D eigenvalue weighted by atomic mass is 9.87. The molecule has 0 aliphatic heterocycles. The Kier molecular flexibility index (Phi) is 4.45. The number of nitro groups is 1. The number of carbonyl (C=O) groups excluding carboxylic acids is 1. The van der Waals surface area contributed by atoms with Crippen LogP contribution in [0.15, 0.2) is 36.5 Å². The minimum Gasteiger partial charge on any atom is -0.287 e. The summed E-state index contributed by atoms with van der Waals surface area (Å²) in [5, 5.41) is 14.8. The first-order valence-corrected chi connectivity index (χ1v) is 7.19. The molecule has 1 heterocycles. The highest BCUT2D eigenvalue weighted by Crippen LogP contribution is 2.22. The topological polar surface area (TPSA) is 78.0 Å². The predicted octanol–water partition coefficient (Wildman–Crippen LogP) is 3.52. The van der Waals surface area contributed by atoms with Crippen LogP contribution in [0.2, 0.25) is 0 Å². The molecule has 0 radical (unpaired) electrons. The fourth-order valence-corrected chi connectivity index (χ4v) is 2.13. The molecule has 0 saturated carbocycles. The SMILES string of the molecule is Cn1cc([N+](=O)[O-])c(C(=O)/C=C/c2ccc(C(C)(C)C)cc2)n1. The number of aromatic nitrogens is 2. The second-order valence-corrected chi connectivity index (χ2v) is 6.36. The van der Waals surface area contributed by atoms with Crippen molar-refractivity contribution >= 4 is 17.5 Å². The highest BCUT2D eigenvalue weighted by molar-refractivity contribution is 6.07. The average molecular weight is 313 g/mol. The van der Waals surface area contributed by atoms with Gasteiger partial charge in [0, 0.05) is 7.05 Å². The number of allylic oxidation sites excluding steroid dienone is 1. The van der Waals surface area contributed by atoms with E-state index in [0.29, 0.717) is 0 Å². The van der Waals surface area contributed by atoms with Crippen molar-refractivity contribution in [1.82, 2.24) is 9.78 Å². The molecule has 120 valence electrons. The summed E-state index contributed by atoms with van der Waals surface area (Å²) in [5.41, 5.74) is 1.67. The minimum atomic E-state index is -0.605. The summed E-state index contributed by atoms with van der Waals surface area (Å²) in [6.45, 7) is 6.38. The van der Waals surface area contributed by atoms with Crippen LogP contribution in [0, 0.1) is 10.1 Å². The first kappa shape index (κ1) is 16.6. The van der Waals surface area contributed by atoms with Crippen molar-refractivity contribution in [1.29, 1.82) is 0 Å². The zero-order chi connectivity index (χ0) is 17.2. The van der Waals surface area contributed by atoms with Crippen LogP contribution in [0.1, 0.15) is 42.4 Å². The number of nitrogens with zero attached hydrogens (tertiary/aromatic N) is 3. The molecule has 0 saturated heterocycles. The van der Waals surface area contributed by atoms with Crippen LogP contribution in [-0.2, 0) is 12.5 Å². The Morgan fingerprint density at radius 1 is 1.26 bits per heavy atom. The maximum Gasteiger partial charge on any atom is 0.318 e. The molecule has 0 N–H and O–H groups in total. The Morgan fingerprint density at radius 3 is 2.39 bits per heavy atom. The lowest BCUT2D eigenvalue weighted by molar-refractivity contribution is -0.385. The quantitative estimate of drug-likeness (QED) is 0.374. The van der Waals surface area contributed by atoms with Gasteiger partial charge in [0.25, 0.3) is 0 Å². The molecule has 2 rings (SSSR count). The molecule has 0 spiro atoms. The summed E-state index contributed by atoms with van der Waals surface area (Å²) in [6, 6.07) is 7.84. The van der Waals surface area contributed by atoms with Crippen LogP contribution >= 0.6 is 0 Å². The van der Waals surface area contributed by atoms with E-state index in [-0.39, 0.29) is 16.8 Å². The van der Waals surface area contributed by atoms with Crippen LogP contribution in [0.5, 0.6) is 0 Å². The number of benzene rings is 1. The number of hydrogen-bond donors (Lipinski definition) is 0. The van der Waals surface area contributed by atoms with Gasteiger partial charge in [0.15, 0.2) is 0 Å². The molecule has 1 aromatic carbocycles. The molecule has 0 amide bonds. The van der Waals surface area contributed by atoms with Crippen LogP contribution in [-0.4, -0.2) is 20.5 Å². The van der Waals surface area contributed by atoms with Crippen molar-refractivity contribution in [2.45, 2.75) is 26.2 Å². The third-order valence-corrected chi connectivity index (χ3v) is 3.44. The number of ketones is 1. The lowest BCUT2D eigenvalue weighted by Gasteiger charge is -2.18. The number of rotatable bonds is 4. The third-order valence-electron chi connectivity index (χ3n) is 3.44. The normalized spacial score (nSPS) is 11.8. The highest BCUT2D eigenvalue weighted by atomic mass is 16.6. The Hall–Kier alpha value is -2.76. The second-order valence-electron chi connectivity index (χ2n) is 6.36. The molecule has 2 aromatic rings. The molecule has 0 fully saturated rings. The van der Waals surface area contributed by atoms with Crippen LogP contribution in [0.25, 0.3) is 6.08 Å². The fourth-order valence-electron chi connectivity index (χ4n) is 2.13. The molecule has 0 unspecified atom stereocenters. The predicted molar refractivity (Wildman–Crippen MR) is 88.4 cm³/mol. The Labute approximate surface area is 134 Å². The first-order chi connectivity index (χ1) is 10.7. The number of carbonyl (C=O) groups is 1. The summed E-state index contributed by atoms with van der Waals surface area (Å²) >= 11 is 0. The van der Waals surface area contributed by atoms with E-state index in [9.17, 15) is 14.9 Å². The molecule has 0 bridgehead atoms. The Morgan fingerprint density at radius 2 is 1.87 bits per heavy atom. The summed E-state index contributed by atoms with van der Waals surface area (Å²) in [7, 11) is 1.54. The van der Waals surface area contributed by atoms with Gasteiger partial charge in [-0.2, -0.15) is 5.10 Å². The van der Waals surface area contributed by atoms with Gasteiger partial charge in [-0.1, -0.05) is 51.1 Å². The van der Waals surface area contributed by atoms with Gasteiger partial charge in [-0.05, 0) is 22.6 Å². The zero-order valence-electron chi connectivity index (χ0n) is 13.6. The molecule has 0 atom stereocenters. The van der Waals surface area contributed by atoms with Crippen molar-refractivity contribution in [3.63, 3.8) is 0 Å². The van der Waals surface area contributed by atoms with Crippen molar-refractivity contribution < 1.29 is 9.72 Å². The van der Waals surface area contributed by atoms with Gasteiger partial charge in [-0.3, -0.25) is 19.6 Å².